The predicted octanol–water partition coefficient (Wildman–Crippen LogP) is 4.63. The summed E-state index contributed by atoms with van der Waals surface area (Å²) >= 11 is 1.23. The van der Waals surface area contributed by atoms with E-state index < -0.39 is 17.3 Å². The zero-order valence-corrected chi connectivity index (χ0v) is 21.5. The van der Waals surface area contributed by atoms with Crippen molar-refractivity contribution in [3.63, 3.8) is 0 Å². The lowest BCUT2D eigenvalue weighted by atomic mass is 9.88. The van der Waals surface area contributed by atoms with Gasteiger partial charge in [-0.15, -0.1) is 0 Å². The number of ether oxygens (including phenoxy) is 2. The van der Waals surface area contributed by atoms with Gasteiger partial charge in [-0.3, -0.25) is 4.90 Å². The number of nitrogens with one attached hydrogen (secondary N) is 1. The third kappa shape index (κ3) is 4.36. The monoisotopic (exact) mass is 521 g/mol. The van der Waals surface area contributed by atoms with Gasteiger partial charge in [0.2, 0.25) is 0 Å². The van der Waals surface area contributed by atoms with E-state index >= 15 is 0 Å². The minimum absolute atomic E-state index is 0.00889. The molecule has 3 aliphatic rings. The first kappa shape index (κ1) is 24.7. The zero-order chi connectivity index (χ0) is 26.0. The third-order valence-electron chi connectivity index (χ3n) is 6.27. The number of hydrogen-bond donors (Lipinski definition) is 2. The number of benzene rings is 1. The number of H-pyrrole nitrogens is 1. The van der Waals surface area contributed by atoms with Crippen LogP contribution in [0, 0.1) is 0 Å². The van der Waals surface area contributed by atoms with Crippen molar-refractivity contribution in [1.82, 2.24) is 19.9 Å². The van der Waals surface area contributed by atoms with E-state index in [0.717, 1.165) is 20.3 Å². The molecule has 1 aromatic carbocycles. The van der Waals surface area contributed by atoms with Crippen molar-refractivity contribution in [2.45, 2.75) is 70.4 Å². The molecule has 3 fully saturated rings. The topological polar surface area (TPSA) is 104 Å². The molecule has 6 rings (SSSR count). The number of carbonyl (C=O) groups is 1. The van der Waals surface area contributed by atoms with Crippen molar-refractivity contribution in [2.75, 3.05) is 18.0 Å². The van der Waals surface area contributed by atoms with E-state index in [1.165, 1.54) is 17.4 Å². The summed E-state index contributed by atoms with van der Waals surface area (Å²) in [6.45, 7) is 8.62. The first-order valence-corrected chi connectivity index (χ1v) is 12.5. The number of rotatable bonds is 5. The molecule has 1 amide bonds. The van der Waals surface area contributed by atoms with Crippen molar-refractivity contribution in [1.29, 1.82) is 0 Å². The molecule has 0 radical (unpaired) electrons. The molecule has 2 atom stereocenters. The molecular formula is C24H29F2N5O4S. The molecule has 2 N–H and O–H groups in total. The average Bonchev–Trinajstić information content (AvgIpc) is 3.42. The first-order valence-electron chi connectivity index (χ1n) is 11.7. The smallest absolute Gasteiger partial charge is 0.426 e. The van der Waals surface area contributed by atoms with Gasteiger partial charge in [0.05, 0.1) is 22.3 Å². The number of thiazole rings is 1. The van der Waals surface area contributed by atoms with E-state index in [-0.39, 0.29) is 23.9 Å². The van der Waals surface area contributed by atoms with E-state index in [9.17, 15) is 18.7 Å². The Hall–Kier alpha value is -2.99. The lowest BCUT2D eigenvalue weighted by Crippen LogP contribution is -2.70. The van der Waals surface area contributed by atoms with Crippen molar-refractivity contribution in [2.24, 2.45) is 0 Å². The molecule has 0 spiro atoms. The number of anilines is 1. The second-order valence-corrected chi connectivity index (χ2v) is 11.7. The molecule has 5 heterocycles. The van der Waals surface area contributed by atoms with Crippen molar-refractivity contribution >= 4 is 32.8 Å². The standard InChI is InChI=1S/C24H29F2N5O4S/c1-22(2,3)35-21(32)31-13-10-14(31)12-30(11-13)20-29-17-15(19-27-8-9-28-19)6-7-16(18(17)36-20)34-24(25,26)23(4,5)33/h6-9,13-14,33H,10-12H2,1-5H3,(H,27,28). The van der Waals surface area contributed by atoms with Gasteiger partial charge in [-0.2, -0.15) is 8.78 Å². The Kier molecular flexibility index (Phi) is 5.67. The lowest BCUT2D eigenvalue weighted by Gasteiger charge is -2.55. The van der Waals surface area contributed by atoms with Gasteiger partial charge in [-0.05, 0) is 53.2 Å². The van der Waals surface area contributed by atoms with Gasteiger partial charge in [0, 0.05) is 31.0 Å². The van der Waals surface area contributed by atoms with Crippen LogP contribution in [0.4, 0.5) is 18.7 Å². The molecule has 2 bridgehead atoms. The quantitative estimate of drug-likeness (QED) is 0.505. The summed E-state index contributed by atoms with van der Waals surface area (Å²) in [6.07, 6.45) is 0.00827. The SMILES string of the molecule is CC(C)(C)OC(=O)N1C2CC1CN(c1nc3c(-c4ncc[nH]4)ccc(OC(F)(F)C(C)(C)O)c3s1)C2. The molecule has 0 saturated carbocycles. The number of halogens is 2. The molecule has 0 aliphatic carbocycles. The van der Waals surface area contributed by atoms with Gasteiger partial charge in [0.1, 0.15) is 17.2 Å². The number of piperazine rings is 1. The van der Waals surface area contributed by atoms with Crippen LogP contribution in [0.15, 0.2) is 24.5 Å². The highest BCUT2D eigenvalue weighted by molar-refractivity contribution is 7.22. The molecule has 3 aromatic rings. The van der Waals surface area contributed by atoms with E-state index in [1.54, 1.807) is 23.4 Å². The summed E-state index contributed by atoms with van der Waals surface area (Å²) in [5, 5.41) is 10.6. The molecule has 2 aromatic heterocycles. The fourth-order valence-corrected chi connectivity index (χ4v) is 5.49. The predicted molar refractivity (Wildman–Crippen MR) is 132 cm³/mol. The minimum Gasteiger partial charge on any atom is -0.444 e. The van der Waals surface area contributed by atoms with E-state index in [0.29, 0.717) is 39.8 Å². The summed E-state index contributed by atoms with van der Waals surface area (Å²) in [5.41, 5.74) is -1.84. The van der Waals surface area contributed by atoms with Gasteiger partial charge in [0.25, 0.3) is 0 Å². The molecule has 194 valence electrons. The second-order valence-electron chi connectivity index (χ2n) is 10.7. The van der Waals surface area contributed by atoms with Crippen LogP contribution in [0.25, 0.3) is 21.6 Å². The number of nitrogens with zero attached hydrogens (tertiary/aromatic N) is 4. The van der Waals surface area contributed by atoms with E-state index in [1.807, 2.05) is 20.8 Å². The number of fused-ring (bicyclic) bond motifs is 3. The number of alkyl halides is 2. The zero-order valence-electron chi connectivity index (χ0n) is 20.7. The van der Waals surface area contributed by atoms with Crippen molar-refractivity contribution < 1.29 is 28.2 Å². The maximum absolute atomic E-state index is 14.6. The second kappa shape index (κ2) is 8.27. The number of amides is 1. The molecule has 36 heavy (non-hydrogen) atoms. The Morgan fingerprint density at radius 3 is 2.47 bits per heavy atom. The fraction of sp³-hybridized carbons (Fsp3) is 0.542. The number of hydrogen-bond acceptors (Lipinski definition) is 8. The normalized spacial score (nSPS) is 20.4. The summed E-state index contributed by atoms with van der Waals surface area (Å²) in [5.74, 6) is 0.476. The number of imidazole rings is 1. The first-order chi connectivity index (χ1) is 16.7. The average molecular weight is 522 g/mol. The highest BCUT2D eigenvalue weighted by Crippen LogP contribution is 2.44. The molecular weight excluding hydrogens is 492 g/mol. The molecule has 3 aliphatic heterocycles. The highest BCUT2D eigenvalue weighted by atomic mass is 32.1. The Morgan fingerprint density at radius 1 is 1.19 bits per heavy atom. The Balaban J connectivity index is 1.46. The summed E-state index contributed by atoms with van der Waals surface area (Å²) in [6, 6.07) is 3.05. The summed E-state index contributed by atoms with van der Waals surface area (Å²) in [7, 11) is 0. The van der Waals surface area contributed by atoms with Gasteiger partial charge in [-0.1, -0.05) is 11.3 Å². The number of aromatic nitrogens is 3. The van der Waals surface area contributed by atoms with Crippen LogP contribution in [0.1, 0.15) is 41.0 Å². The van der Waals surface area contributed by atoms with Crippen LogP contribution >= 0.6 is 11.3 Å². The Bertz CT molecular complexity index is 1270. The van der Waals surface area contributed by atoms with E-state index in [2.05, 4.69) is 14.9 Å². The molecule has 12 heteroatoms. The van der Waals surface area contributed by atoms with Gasteiger partial charge < -0.3 is 24.5 Å². The Morgan fingerprint density at radius 2 is 1.89 bits per heavy atom. The summed E-state index contributed by atoms with van der Waals surface area (Å²) in [4.78, 5) is 28.6. The third-order valence-corrected chi connectivity index (χ3v) is 7.40. The Labute approximate surface area is 211 Å². The highest BCUT2D eigenvalue weighted by Gasteiger charge is 2.50. The van der Waals surface area contributed by atoms with Gasteiger partial charge in [-0.25, -0.2) is 14.8 Å². The van der Waals surface area contributed by atoms with Crippen LogP contribution in [-0.4, -0.2) is 73.5 Å². The maximum Gasteiger partial charge on any atom is 0.426 e. The maximum atomic E-state index is 14.6. The molecule has 9 nitrogen and oxygen atoms in total. The van der Waals surface area contributed by atoms with Crippen molar-refractivity contribution in [3.05, 3.63) is 24.5 Å². The fourth-order valence-electron chi connectivity index (χ4n) is 4.43. The summed E-state index contributed by atoms with van der Waals surface area (Å²) < 4.78 is 40.2. The van der Waals surface area contributed by atoms with Crippen molar-refractivity contribution in [3.8, 4) is 17.1 Å². The lowest BCUT2D eigenvalue weighted by molar-refractivity contribution is -0.275. The van der Waals surface area contributed by atoms with E-state index in [4.69, 9.17) is 14.5 Å². The number of carbonyl (C=O) groups excluding carboxylic acids is 1. The largest absolute Gasteiger partial charge is 0.444 e. The number of aliphatic hydroxyl groups is 1. The minimum atomic E-state index is -3.82. The van der Waals surface area contributed by atoms with Crippen LogP contribution in [0.2, 0.25) is 0 Å². The van der Waals surface area contributed by atoms with Crippen LogP contribution in [0.3, 0.4) is 0 Å². The van der Waals surface area contributed by atoms with Crippen LogP contribution in [0.5, 0.6) is 5.75 Å². The molecule has 2 unspecified atom stereocenters. The van der Waals surface area contributed by atoms with Crippen LogP contribution < -0.4 is 9.64 Å². The van der Waals surface area contributed by atoms with Gasteiger partial charge in [0.15, 0.2) is 10.7 Å². The number of aromatic amines is 1. The molecule has 3 saturated heterocycles. The number of piperidine rings is 1. The van der Waals surface area contributed by atoms with Crippen LogP contribution in [-0.2, 0) is 4.74 Å². The van der Waals surface area contributed by atoms with Gasteiger partial charge >= 0.3 is 12.2 Å².